The molecule has 56 valence electrons. The summed E-state index contributed by atoms with van der Waals surface area (Å²) in [7, 11) is 0. The topological polar surface area (TPSA) is 126 Å². The minimum atomic E-state index is -2.33. The molecule has 0 atom stereocenters. The van der Waals surface area contributed by atoms with E-state index in [1.54, 1.807) is 0 Å². The number of hydrogen-bond acceptors (Lipinski definition) is 6. The Kier molecular flexibility index (Phi) is 36.8. The van der Waals surface area contributed by atoms with Crippen LogP contribution in [0.15, 0.2) is 0 Å². The molecule has 6 nitrogen and oxygen atoms in total. The first-order chi connectivity index (χ1) is 3.46. The Bertz CT molecular complexity index is 73.7. The molecule has 0 radical (unpaired) electrons. The van der Waals surface area contributed by atoms with Gasteiger partial charge in [0.25, 0.3) is 0 Å². The summed E-state index contributed by atoms with van der Waals surface area (Å²) in [5.74, 6) is 0. The van der Waals surface area contributed by atoms with Crippen LogP contribution >= 0.6 is 0 Å². The van der Waals surface area contributed by atoms with Crippen LogP contribution in [0.1, 0.15) is 0 Å². The normalized spacial score (nSPS) is 4.80. The van der Waals surface area contributed by atoms with Gasteiger partial charge in [0.2, 0.25) is 0 Å². The Morgan fingerprint density at radius 1 is 0.800 bits per heavy atom. The number of carboxylic acid groups (broad SMARTS) is 4. The van der Waals surface area contributed by atoms with E-state index in [2.05, 4.69) is 0 Å². The van der Waals surface area contributed by atoms with E-state index in [-0.39, 0.29) is 69.9 Å². The minimum Gasteiger partial charge on any atom is -0.652 e. The first-order valence-corrected chi connectivity index (χ1v) is 1.22. The van der Waals surface area contributed by atoms with Gasteiger partial charge in [-0.1, -0.05) is 0 Å². The predicted octanol–water partition coefficient (Wildman–Crippen LogP) is -5.28. The van der Waals surface area contributed by atoms with E-state index in [4.69, 9.17) is 30.0 Å². The van der Waals surface area contributed by atoms with Gasteiger partial charge < -0.3 is 30.0 Å². The minimum absolute atomic E-state index is 0. The molecule has 10 heavy (non-hydrogen) atoms. The standard InChI is InChI=1S/2CH2O3.Ba.Pt/c2*2-1(3)4;;/h2*(H2,2,3,4);;/q;;2*+2/p-4. The van der Waals surface area contributed by atoms with Crippen molar-refractivity contribution in [3.05, 3.63) is 0 Å². The van der Waals surface area contributed by atoms with E-state index in [0.29, 0.717) is 0 Å². The molecule has 0 aliphatic heterocycles. The molecule has 0 saturated heterocycles. The maximum Gasteiger partial charge on any atom is 2.00 e. The third-order valence-corrected chi connectivity index (χ3v) is 0. The second-order valence-corrected chi connectivity index (χ2v) is 0.500. The summed E-state index contributed by atoms with van der Waals surface area (Å²) in [6.45, 7) is 0. The zero-order valence-corrected chi connectivity index (χ0v) is 11.2. The maximum absolute atomic E-state index is 8.33. The van der Waals surface area contributed by atoms with Gasteiger partial charge in [-0.15, -0.1) is 0 Å². The average Bonchev–Trinajstić information content (AvgIpc) is 1.25. The fraction of sp³-hybridized carbons (Fsp3) is 0. The third kappa shape index (κ3) is 837. The van der Waals surface area contributed by atoms with Gasteiger partial charge in [0.15, 0.2) is 0 Å². The molecule has 0 unspecified atom stereocenters. The fourth-order valence-corrected chi connectivity index (χ4v) is 0. The van der Waals surface area contributed by atoms with Crippen LogP contribution in [-0.4, -0.2) is 61.2 Å². The summed E-state index contributed by atoms with van der Waals surface area (Å²) in [6, 6.07) is 0. The molecule has 0 aromatic heterocycles. The van der Waals surface area contributed by atoms with Crippen molar-refractivity contribution in [1.29, 1.82) is 0 Å². The van der Waals surface area contributed by atoms with Gasteiger partial charge in [0.05, 0.1) is 0 Å². The number of rotatable bonds is 0. The zero-order chi connectivity index (χ0) is 7.15. The van der Waals surface area contributed by atoms with E-state index in [1.165, 1.54) is 0 Å². The third-order valence-electron chi connectivity index (χ3n) is 0. The smallest absolute Gasteiger partial charge is 0.652 e. The van der Waals surface area contributed by atoms with Gasteiger partial charge in [-0.2, -0.15) is 0 Å². The Morgan fingerprint density at radius 3 is 0.800 bits per heavy atom. The molecule has 0 amide bonds. The Labute approximate surface area is 111 Å². The van der Waals surface area contributed by atoms with Crippen molar-refractivity contribution in [1.82, 2.24) is 0 Å². The van der Waals surface area contributed by atoms with Gasteiger partial charge in [-0.3, -0.25) is 0 Å². The van der Waals surface area contributed by atoms with Gasteiger partial charge in [-0.05, 0) is 12.3 Å². The van der Waals surface area contributed by atoms with Crippen molar-refractivity contribution in [2.45, 2.75) is 0 Å². The molecule has 0 fully saturated rings. The van der Waals surface area contributed by atoms with E-state index >= 15 is 0 Å². The van der Waals surface area contributed by atoms with Crippen LogP contribution in [0.5, 0.6) is 0 Å². The molecule has 0 bridgehead atoms. The van der Waals surface area contributed by atoms with Gasteiger partial charge in [0, 0.05) is 0 Å². The molecule has 0 aliphatic carbocycles. The van der Waals surface area contributed by atoms with Crippen molar-refractivity contribution < 1.29 is 51.1 Å². The van der Waals surface area contributed by atoms with Crippen LogP contribution in [-0.2, 0) is 21.1 Å². The van der Waals surface area contributed by atoms with E-state index < -0.39 is 12.3 Å². The van der Waals surface area contributed by atoms with Crippen LogP contribution in [0.4, 0.5) is 9.59 Å². The van der Waals surface area contributed by atoms with Crippen LogP contribution in [0.3, 0.4) is 0 Å². The van der Waals surface area contributed by atoms with Gasteiger partial charge >= 0.3 is 69.9 Å². The summed E-state index contributed by atoms with van der Waals surface area (Å²) in [4.78, 5) is 16.7. The van der Waals surface area contributed by atoms with Crippen LogP contribution in [0.2, 0.25) is 0 Å². The summed E-state index contributed by atoms with van der Waals surface area (Å²) in [6.07, 6.45) is -4.67. The van der Waals surface area contributed by atoms with Crippen molar-refractivity contribution in [3.63, 3.8) is 0 Å². The van der Waals surface area contributed by atoms with E-state index in [1.807, 2.05) is 0 Å². The van der Waals surface area contributed by atoms with Crippen molar-refractivity contribution in [2.75, 3.05) is 0 Å². The summed E-state index contributed by atoms with van der Waals surface area (Å²) < 4.78 is 0. The Hall–Kier alpha value is 0.800. The SMILES string of the molecule is O=C([O-])[O-].O=C([O-])[O-].[Ba+2].[Pt+2]. The molecule has 0 heterocycles. The van der Waals surface area contributed by atoms with E-state index in [0.717, 1.165) is 0 Å². The maximum atomic E-state index is 8.33. The molecule has 0 spiro atoms. The Balaban J connectivity index is -0.0000000300. The van der Waals surface area contributed by atoms with Crippen molar-refractivity contribution >= 4 is 61.2 Å². The number of carbonyl (C=O) groups is 2. The second-order valence-electron chi connectivity index (χ2n) is 0.500. The van der Waals surface area contributed by atoms with E-state index in [9.17, 15) is 0 Å². The van der Waals surface area contributed by atoms with Crippen LogP contribution in [0, 0.1) is 0 Å². The molecule has 0 aromatic rings. The largest absolute Gasteiger partial charge is 2.00 e. The van der Waals surface area contributed by atoms with Gasteiger partial charge in [0.1, 0.15) is 0 Å². The molecule has 0 saturated carbocycles. The molecular formula is C2BaO6Pt. The summed E-state index contributed by atoms with van der Waals surface area (Å²) in [5.41, 5.74) is 0. The van der Waals surface area contributed by atoms with Crippen LogP contribution in [0.25, 0.3) is 0 Å². The fourth-order valence-electron chi connectivity index (χ4n) is 0. The summed E-state index contributed by atoms with van der Waals surface area (Å²) in [5, 5.41) is 33.3. The Morgan fingerprint density at radius 2 is 0.800 bits per heavy atom. The average molecular weight is 452 g/mol. The molecule has 0 aromatic carbocycles. The first-order valence-electron chi connectivity index (χ1n) is 1.22. The molecule has 0 rings (SSSR count). The quantitative estimate of drug-likeness (QED) is 0.338. The number of carbonyl (C=O) groups excluding carboxylic acids is 2. The summed E-state index contributed by atoms with van der Waals surface area (Å²) >= 11 is 0. The predicted molar refractivity (Wildman–Crippen MR) is 16.5 cm³/mol. The molecule has 8 heteroatoms. The van der Waals surface area contributed by atoms with Gasteiger partial charge in [-0.25, -0.2) is 0 Å². The monoisotopic (exact) mass is 453 g/mol. The molecule has 0 N–H and O–H groups in total. The first kappa shape index (κ1) is 22.4. The molecule has 0 aliphatic rings. The zero-order valence-electron chi connectivity index (χ0n) is 4.47. The second kappa shape index (κ2) is 16.4. The van der Waals surface area contributed by atoms with Crippen molar-refractivity contribution in [2.24, 2.45) is 0 Å². The molecular weight excluding hydrogens is 452 g/mol. The van der Waals surface area contributed by atoms with Crippen LogP contribution < -0.4 is 20.4 Å². The number of hydrogen-bond donors (Lipinski definition) is 0. The van der Waals surface area contributed by atoms with Crippen molar-refractivity contribution in [3.8, 4) is 0 Å².